The summed E-state index contributed by atoms with van der Waals surface area (Å²) in [4.78, 5) is 0. The highest BCUT2D eigenvalue weighted by atomic mass is 31.2. The van der Waals surface area contributed by atoms with Crippen molar-refractivity contribution in [3.05, 3.63) is 595 Å². The van der Waals surface area contributed by atoms with Crippen LogP contribution in [-0.4, -0.2) is 8.66 Å². The standard InChI is InChI=1S/C42H30NOP.C36H26NOP.C30H23N2OP.C24H19N2OP/c1-4-14-31(15-5-1)34-24-26-38(27-25-34)45-43(41-22-12-10-20-39(41)40-21-11-13-23-42(40)44-45)37-29-35(32-16-6-2-7-17-32)28-36(30-37)33-18-8-3-9-19-33;1-3-11-27(12-4-1)29-19-23-31(24-20-29)37-35-17-9-7-15-33(35)34-16-8-10-18-36(34)38-39(37)32-25-21-30(22-26-32)28-13-5-2-6-14-28;33-34(28-22-20-25(21-23-28)24-12-4-1-5-13-24)31(26-14-6-2-7-15-26)29-18-10-11-19-30(29)32(34)27-16-8-3-9-17-27;27-28(22-16-8-3-9-17-22)25(20-12-4-1-5-13-20)23-18-10-11-19-24(23)26(28)21-14-6-2-7-15-21/h1-30H;1-26H;1-23H;1-19H. The van der Waals surface area contributed by atoms with E-state index in [9.17, 15) is 4.57 Å². The van der Waals surface area contributed by atoms with Crippen LogP contribution in [0.4, 0.5) is 45.5 Å². The summed E-state index contributed by atoms with van der Waals surface area (Å²) >= 11 is 0. The molecule has 0 fully saturated rings. The highest BCUT2D eigenvalue weighted by molar-refractivity contribution is 7.76. The second-order valence-electron chi connectivity index (χ2n) is 35.5. The van der Waals surface area contributed by atoms with E-state index in [0.717, 1.165) is 128 Å². The van der Waals surface area contributed by atoms with E-state index >= 15 is 4.57 Å². The summed E-state index contributed by atoms with van der Waals surface area (Å²) in [7, 11) is -9.05. The number of anilines is 8. The number of para-hydroxylation sites is 12. The van der Waals surface area contributed by atoms with E-state index in [1.165, 1.54) is 61.0 Å². The van der Waals surface area contributed by atoms with E-state index in [0.29, 0.717) is 0 Å². The number of rotatable bonds is 16. The lowest BCUT2D eigenvalue weighted by molar-refractivity contribution is 0.581. The minimum atomic E-state index is -3.31. The molecule has 0 saturated carbocycles. The molecule has 0 bridgehead atoms. The van der Waals surface area contributed by atoms with Crippen LogP contribution in [0.5, 0.6) is 0 Å². The van der Waals surface area contributed by atoms with Crippen LogP contribution in [0, 0.1) is 0 Å². The molecule has 0 amide bonds. The third-order valence-electron chi connectivity index (χ3n) is 26.5. The molecule has 2 aliphatic heterocycles. The van der Waals surface area contributed by atoms with Gasteiger partial charge in [-0.05, 0) is 243 Å². The number of fused-ring (bicyclic) bond motifs is 8. The molecule has 0 saturated heterocycles. The van der Waals surface area contributed by atoms with E-state index in [2.05, 4.69) is 385 Å². The molecule has 26 rings (SSSR count). The fourth-order valence-corrected chi connectivity index (χ4v) is 29.4. The summed E-state index contributed by atoms with van der Waals surface area (Å²) in [6, 6.07) is 205. The van der Waals surface area contributed by atoms with Crippen molar-refractivity contribution in [1.82, 2.24) is 8.66 Å². The molecule has 2 unspecified atom stereocenters. The average molecular weight is 1960 g/mol. The van der Waals surface area contributed by atoms with Gasteiger partial charge in [0, 0.05) is 54.9 Å². The fraction of sp³-hybridized carbons (Fsp3) is 0. The SMILES string of the molecule is O=P1(c2ccc(-c3ccccc3)cc2)N(c2ccccc2)c2ccccc2N1c1ccccc1.O=P1(c2ccccc2)N(c2ccccc2)c2ccccc2N1c1ccccc1.c1ccc(-c2ccc(-n3c4ccccc4c4ccccc4op3-c3ccc(-c4ccccc4)cc3)cc2)cc1.c1ccc(-c2ccc(-p3oc4ccccc4c4ccccc4n3-c3cc(-c4ccccc4)cc(-c4ccccc4)c3)cc2)cc1. The Labute approximate surface area is 852 Å². The Hall–Kier alpha value is -17.7. The Bertz CT molecular complexity index is 8690. The Balaban J connectivity index is 0.000000109. The predicted octanol–water partition coefficient (Wildman–Crippen LogP) is 37.9. The average Bonchev–Trinajstić information content (AvgIpc) is 1.55. The molecule has 4 heterocycles. The Morgan fingerprint density at radius 2 is 0.384 bits per heavy atom. The summed E-state index contributed by atoms with van der Waals surface area (Å²) in [5.74, 6) is 0. The van der Waals surface area contributed by atoms with Gasteiger partial charge in [0.1, 0.15) is 11.2 Å². The van der Waals surface area contributed by atoms with Gasteiger partial charge in [0.25, 0.3) is 0 Å². The van der Waals surface area contributed by atoms with Gasteiger partial charge in [-0.15, -0.1) is 0 Å². The summed E-state index contributed by atoms with van der Waals surface area (Å²) in [5, 5.41) is 8.44. The van der Waals surface area contributed by atoms with Gasteiger partial charge in [0.05, 0.1) is 55.8 Å². The monoisotopic (exact) mass is 1950 g/mol. The molecule has 700 valence electrons. The Morgan fingerprint density at radius 3 is 0.692 bits per heavy atom. The molecule has 2 atom stereocenters. The molecule has 10 nitrogen and oxygen atoms in total. The lowest BCUT2D eigenvalue weighted by Crippen LogP contribution is -2.26. The molecule has 24 aromatic rings. The number of benzene rings is 22. The maximum Gasteiger partial charge on any atom is 0.301 e. The first-order valence-corrected chi connectivity index (χ1v) is 54.6. The lowest BCUT2D eigenvalue weighted by atomic mass is 9.98. The first-order valence-electron chi connectivity index (χ1n) is 48.9. The number of hydrogen-bond donors (Lipinski definition) is 0. The van der Waals surface area contributed by atoms with Crippen molar-refractivity contribution in [3.63, 3.8) is 0 Å². The zero-order valence-corrected chi connectivity index (χ0v) is 83.3. The molecule has 0 radical (unpaired) electrons. The Kier molecular flexibility index (Phi) is 26.4. The summed E-state index contributed by atoms with van der Waals surface area (Å²) < 4.78 is 57.4. The molecule has 0 spiro atoms. The first-order chi connectivity index (χ1) is 72.2. The molecule has 2 aromatic heterocycles. The zero-order valence-electron chi connectivity index (χ0n) is 79.7. The van der Waals surface area contributed by atoms with Gasteiger partial charge in [0.15, 0.2) is 15.9 Å². The van der Waals surface area contributed by atoms with Crippen LogP contribution in [-0.2, 0) is 9.13 Å². The molecule has 0 N–H and O–H groups in total. The van der Waals surface area contributed by atoms with Crippen LogP contribution < -0.4 is 29.3 Å². The van der Waals surface area contributed by atoms with E-state index in [1.54, 1.807) is 0 Å². The van der Waals surface area contributed by atoms with Crippen molar-refractivity contribution < 1.29 is 17.5 Å². The lowest BCUT2D eigenvalue weighted by Gasteiger charge is -2.33. The van der Waals surface area contributed by atoms with Crippen molar-refractivity contribution in [3.8, 4) is 88.7 Å². The van der Waals surface area contributed by atoms with Gasteiger partial charge >= 0.3 is 14.9 Å². The van der Waals surface area contributed by atoms with Crippen molar-refractivity contribution in [2.75, 3.05) is 18.7 Å². The van der Waals surface area contributed by atoms with Gasteiger partial charge in [0.2, 0.25) is 0 Å². The van der Waals surface area contributed by atoms with E-state index in [4.69, 9.17) is 8.39 Å². The topological polar surface area (TPSA) is 83.2 Å². The van der Waals surface area contributed by atoms with Gasteiger partial charge in [-0.1, -0.05) is 419 Å². The highest BCUT2D eigenvalue weighted by Gasteiger charge is 2.50. The third-order valence-corrected chi connectivity index (χ3v) is 36.2. The third kappa shape index (κ3) is 18.4. The predicted molar refractivity (Wildman–Crippen MR) is 617 cm³/mol. The maximum atomic E-state index is 15.4. The van der Waals surface area contributed by atoms with Crippen LogP contribution in [0.1, 0.15) is 0 Å². The van der Waals surface area contributed by atoms with E-state index in [1.807, 2.05) is 237 Å². The number of aromatic nitrogens is 2. The summed E-state index contributed by atoms with van der Waals surface area (Å²) in [6.07, 6.45) is 0. The molecule has 22 aromatic carbocycles. The van der Waals surface area contributed by atoms with Gasteiger partial charge in [-0.3, -0.25) is 36.5 Å². The van der Waals surface area contributed by atoms with Crippen molar-refractivity contribution >= 4 is 131 Å². The zero-order chi connectivity index (χ0) is 98.0. The van der Waals surface area contributed by atoms with Gasteiger partial charge in [-0.2, -0.15) is 0 Å². The van der Waals surface area contributed by atoms with Crippen LogP contribution in [0.2, 0.25) is 0 Å². The van der Waals surface area contributed by atoms with Crippen LogP contribution in [0.15, 0.2) is 603 Å². The van der Waals surface area contributed by atoms with Crippen molar-refractivity contribution in [2.45, 2.75) is 0 Å². The van der Waals surface area contributed by atoms with Crippen LogP contribution in [0.3, 0.4) is 0 Å². The largest absolute Gasteiger partial charge is 0.429 e. The number of hydrogen-bond acceptors (Lipinski definition) is 4. The molecular weight excluding hydrogens is 1860 g/mol. The quantitative estimate of drug-likeness (QED) is 0.0885. The molecule has 146 heavy (non-hydrogen) atoms. The normalized spacial score (nSPS) is 12.7. The summed E-state index contributed by atoms with van der Waals surface area (Å²) in [6.45, 7) is 0. The van der Waals surface area contributed by atoms with E-state index < -0.39 is 30.8 Å². The number of nitrogens with zero attached hydrogens (tertiary/aromatic N) is 6. The fourth-order valence-electron chi connectivity index (χ4n) is 19.6. The first kappa shape index (κ1) is 92.0. The van der Waals surface area contributed by atoms with Gasteiger partial charge < -0.3 is 8.39 Å². The van der Waals surface area contributed by atoms with Crippen LogP contribution >= 0.6 is 30.8 Å². The molecule has 2 aliphatic rings. The summed E-state index contributed by atoms with van der Waals surface area (Å²) in [5.41, 5.74) is 27.8. The van der Waals surface area contributed by atoms with Gasteiger partial charge in [-0.25, -0.2) is 0 Å². The smallest absolute Gasteiger partial charge is 0.301 e. The second kappa shape index (κ2) is 41.8. The molecular formula is C132H98N6O4P4. The minimum Gasteiger partial charge on any atom is -0.429 e. The Morgan fingerprint density at radius 1 is 0.164 bits per heavy atom. The molecule has 0 aliphatic carbocycles. The van der Waals surface area contributed by atoms with Crippen LogP contribution in [0.25, 0.3) is 132 Å². The van der Waals surface area contributed by atoms with Crippen molar-refractivity contribution in [2.24, 2.45) is 0 Å². The minimum absolute atomic E-state index is 0.788. The van der Waals surface area contributed by atoms with Crippen molar-refractivity contribution in [1.29, 1.82) is 0 Å². The highest BCUT2D eigenvalue weighted by Crippen LogP contribution is 2.72. The molecule has 14 heteroatoms. The van der Waals surface area contributed by atoms with E-state index in [-0.39, 0.29) is 0 Å². The maximum absolute atomic E-state index is 15.4. The second-order valence-corrected chi connectivity index (χ2v) is 43.6.